The van der Waals surface area contributed by atoms with Crippen LogP contribution < -0.4 is 15.8 Å². The molecule has 3 N–H and O–H groups in total. The predicted molar refractivity (Wildman–Crippen MR) is 126 cm³/mol. The van der Waals surface area contributed by atoms with E-state index in [9.17, 15) is 4.79 Å². The zero-order valence-corrected chi connectivity index (χ0v) is 19.3. The number of rotatable bonds is 7. The zero-order valence-electron chi connectivity index (χ0n) is 19.3. The summed E-state index contributed by atoms with van der Waals surface area (Å²) in [5.41, 5.74) is 7.97. The maximum absolute atomic E-state index is 12.3. The van der Waals surface area contributed by atoms with Gasteiger partial charge in [-0.25, -0.2) is 4.79 Å². The van der Waals surface area contributed by atoms with E-state index in [1.165, 1.54) is 0 Å². The number of nitrogen functional groups attached to an aromatic ring is 1. The summed E-state index contributed by atoms with van der Waals surface area (Å²) < 4.78 is 23.1. The molecule has 2 aromatic rings. The number of carbonyl (C=O) groups excluding carboxylic acids is 1. The monoisotopic (exact) mass is 438 g/mol. The predicted octanol–water partition coefficient (Wildman–Crippen LogP) is 4.22. The van der Waals surface area contributed by atoms with Crippen molar-refractivity contribution in [3.8, 4) is 5.75 Å². The number of hydrogen-bond acceptors (Lipinski definition) is 6. The van der Waals surface area contributed by atoms with E-state index in [2.05, 4.69) is 5.32 Å². The minimum absolute atomic E-state index is 0.192. The smallest absolute Gasteiger partial charge is 0.492 e. The Bertz CT molecular complexity index is 960. The molecule has 0 radical (unpaired) electrons. The van der Waals surface area contributed by atoms with E-state index in [4.69, 9.17) is 24.5 Å². The van der Waals surface area contributed by atoms with Gasteiger partial charge in [0.2, 0.25) is 0 Å². The molecule has 0 bridgehead atoms. The topological polar surface area (TPSA) is 92.0 Å². The summed E-state index contributed by atoms with van der Waals surface area (Å²) in [4.78, 5) is 12.3. The van der Waals surface area contributed by atoms with Crippen LogP contribution in [-0.2, 0) is 20.7 Å². The largest absolute Gasteiger partial charge is 0.495 e. The van der Waals surface area contributed by atoms with Gasteiger partial charge in [-0.1, -0.05) is 42.5 Å². The highest BCUT2D eigenvalue weighted by Gasteiger charge is 2.52. The Kier molecular flexibility index (Phi) is 7.16. The number of carbonyl (C=O) groups is 1. The van der Waals surface area contributed by atoms with Gasteiger partial charge in [0, 0.05) is 6.54 Å². The van der Waals surface area contributed by atoms with Gasteiger partial charge in [0.25, 0.3) is 0 Å². The van der Waals surface area contributed by atoms with E-state index in [1.54, 1.807) is 13.2 Å². The normalized spacial score (nSPS) is 17.2. The van der Waals surface area contributed by atoms with Crippen molar-refractivity contribution in [2.24, 2.45) is 0 Å². The van der Waals surface area contributed by atoms with Crippen molar-refractivity contribution in [2.75, 3.05) is 19.4 Å². The van der Waals surface area contributed by atoms with E-state index in [1.807, 2.05) is 76.2 Å². The summed E-state index contributed by atoms with van der Waals surface area (Å²) in [5, 5.41) is 2.80. The van der Waals surface area contributed by atoms with Crippen molar-refractivity contribution in [1.82, 2.24) is 5.32 Å². The molecule has 7 nitrogen and oxygen atoms in total. The SMILES string of the molecule is COc1cc(C=C(CNC(=O)OCc2ccccc2)B2OC(C)(C)C(C)(C)O2)ccc1N. The highest BCUT2D eigenvalue weighted by Crippen LogP contribution is 2.39. The van der Waals surface area contributed by atoms with Crippen LogP contribution in [0.2, 0.25) is 0 Å². The molecule has 3 rings (SSSR count). The average molecular weight is 438 g/mol. The second-order valence-corrected chi connectivity index (χ2v) is 8.72. The third-order valence-corrected chi connectivity index (χ3v) is 5.82. The number of amides is 1. The van der Waals surface area contributed by atoms with Gasteiger partial charge in [0.05, 0.1) is 24.0 Å². The summed E-state index contributed by atoms with van der Waals surface area (Å²) in [5.74, 6) is 0.572. The lowest BCUT2D eigenvalue weighted by Crippen LogP contribution is -2.41. The van der Waals surface area contributed by atoms with Crippen molar-refractivity contribution >= 4 is 25.0 Å². The lowest BCUT2D eigenvalue weighted by Gasteiger charge is -2.32. The Labute approximate surface area is 190 Å². The number of benzene rings is 2. The maximum Gasteiger partial charge on any atom is 0.492 e. The van der Waals surface area contributed by atoms with E-state index in [0.717, 1.165) is 16.6 Å². The van der Waals surface area contributed by atoms with Crippen LogP contribution in [0.1, 0.15) is 38.8 Å². The molecule has 0 unspecified atom stereocenters. The summed E-state index contributed by atoms with van der Waals surface area (Å²) >= 11 is 0. The van der Waals surface area contributed by atoms with E-state index in [0.29, 0.717) is 11.4 Å². The zero-order chi connectivity index (χ0) is 23.4. The highest BCUT2D eigenvalue weighted by molar-refractivity contribution is 6.56. The first kappa shape index (κ1) is 23.7. The van der Waals surface area contributed by atoms with Gasteiger partial charge in [0.15, 0.2) is 0 Å². The molecule has 1 fully saturated rings. The molecule has 1 amide bonds. The molecule has 2 aromatic carbocycles. The highest BCUT2D eigenvalue weighted by atomic mass is 16.7. The molecule has 32 heavy (non-hydrogen) atoms. The molecule has 1 aliphatic rings. The van der Waals surface area contributed by atoms with Crippen LogP contribution >= 0.6 is 0 Å². The number of ether oxygens (including phenoxy) is 2. The summed E-state index contributed by atoms with van der Waals surface area (Å²) in [6.45, 7) is 8.32. The number of methoxy groups -OCH3 is 1. The first-order valence-corrected chi connectivity index (χ1v) is 10.6. The third kappa shape index (κ3) is 5.63. The molecule has 0 saturated carbocycles. The van der Waals surface area contributed by atoms with Crippen molar-refractivity contribution in [3.63, 3.8) is 0 Å². The van der Waals surface area contributed by atoms with Crippen molar-refractivity contribution in [3.05, 3.63) is 65.1 Å². The van der Waals surface area contributed by atoms with Crippen molar-refractivity contribution < 1.29 is 23.6 Å². The fraction of sp³-hybridized carbons (Fsp3) is 0.375. The Morgan fingerprint density at radius 1 is 1.09 bits per heavy atom. The van der Waals surface area contributed by atoms with Gasteiger partial charge in [-0.15, -0.1) is 0 Å². The van der Waals surface area contributed by atoms with Crippen LogP contribution in [0.4, 0.5) is 10.5 Å². The van der Waals surface area contributed by atoms with E-state index < -0.39 is 24.4 Å². The van der Waals surface area contributed by atoms with Crippen LogP contribution in [0, 0.1) is 0 Å². The number of alkyl carbamates (subject to hydrolysis) is 1. The Morgan fingerprint density at radius 2 is 1.75 bits per heavy atom. The molecule has 1 heterocycles. The van der Waals surface area contributed by atoms with E-state index >= 15 is 0 Å². The van der Waals surface area contributed by atoms with Crippen molar-refractivity contribution in [1.29, 1.82) is 0 Å². The lowest BCUT2D eigenvalue weighted by molar-refractivity contribution is 0.00578. The Balaban J connectivity index is 1.76. The molecular formula is C24H31BN2O5. The number of nitrogens with one attached hydrogen (secondary N) is 1. The van der Waals surface area contributed by atoms with Crippen molar-refractivity contribution in [2.45, 2.75) is 45.5 Å². The molecule has 8 heteroatoms. The lowest BCUT2D eigenvalue weighted by atomic mass is 9.77. The molecular weight excluding hydrogens is 407 g/mol. The maximum atomic E-state index is 12.3. The molecule has 0 atom stereocenters. The fourth-order valence-corrected chi connectivity index (χ4v) is 3.18. The fourth-order valence-electron chi connectivity index (χ4n) is 3.18. The number of anilines is 1. The molecule has 170 valence electrons. The third-order valence-electron chi connectivity index (χ3n) is 5.82. The second kappa shape index (κ2) is 9.67. The second-order valence-electron chi connectivity index (χ2n) is 8.72. The summed E-state index contributed by atoms with van der Waals surface area (Å²) in [6.07, 6.45) is 1.38. The minimum Gasteiger partial charge on any atom is -0.495 e. The Morgan fingerprint density at radius 3 is 2.38 bits per heavy atom. The van der Waals surface area contributed by atoms with Gasteiger partial charge in [-0.05, 0) is 56.4 Å². The van der Waals surface area contributed by atoms with Crippen LogP contribution in [0.15, 0.2) is 54.0 Å². The van der Waals surface area contributed by atoms with Gasteiger partial charge in [-0.3, -0.25) is 0 Å². The van der Waals surface area contributed by atoms with E-state index in [-0.39, 0.29) is 13.2 Å². The number of nitrogens with two attached hydrogens (primary N) is 1. The van der Waals surface area contributed by atoms with Crippen LogP contribution in [0.25, 0.3) is 6.08 Å². The van der Waals surface area contributed by atoms with Gasteiger partial charge in [-0.2, -0.15) is 0 Å². The molecule has 0 aromatic heterocycles. The summed E-state index contributed by atoms with van der Waals surface area (Å²) in [7, 11) is 0.941. The van der Waals surface area contributed by atoms with Gasteiger partial charge < -0.3 is 29.8 Å². The minimum atomic E-state index is -0.627. The van der Waals surface area contributed by atoms with Gasteiger partial charge >= 0.3 is 13.2 Å². The molecule has 0 aliphatic carbocycles. The quantitative estimate of drug-likeness (QED) is 0.497. The first-order chi connectivity index (χ1) is 15.1. The molecule has 1 aliphatic heterocycles. The number of hydrogen-bond donors (Lipinski definition) is 2. The molecule has 0 spiro atoms. The van der Waals surface area contributed by atoms with Crippen LogP contribution in [-0.4, -0.2) is 38.1 Å². The average Bonchev–Trinajstić information content (AvgIpc) is 2.98. The molecule has 1 saturated heterocycles. The van der Waals surface area contributed by atoms with Crippen LogP contribution in [0.5, 0.6) is 5.75 Å². The Hall–Kier alpha value is -2.97. The first-order valence-electron chi connectivity index (χ1n) is 10.6. The summed E-state index contributed by atoms with van der Waals surface area (Å²) in [6, 6.07) is 15.0. The standard InChI is InChI=1S/C24H31BN2O5/c1-23(2)24(3,4)32-25(31-23)19(13-18-11-12-20(26)21(14-18)29-5)15-27-22(28)30-16-17-9-7-6-8-10-17/h6-14H,15-16,26H2,1-5H3,(H,27,28). The van der Waals surface area contributed by atoms with Crippen LogP contribution in [0.3, 0.4) is 0 Å². The van der Waals surface area contributed by atoms with Gasteiger partial charge in [0.1, 0.15) is 12.4 Å².